The average Bonchev–Trinajstić information content (AvgIpc) is 2.79. The van der Waals surface area contributed by atoms with Crippen LogP contribution in [0.5, 0.6) is 0 Å². The standard InChI is InChI=1S/C9H15NS/c1-3-11-4-2-10(1)7-9-5-8(9)6-9/h8H,1-7H2. The zero-order valence-corrected chi connectivity index (χ0v) is 7.70. The highest BCUT2D eigenvalue weighted by Crippen LogP contribution is 2.75. The molecule has 0 aromatic heterocycles. The molecule has 0 spiro atoms. The van der Waals surface area contributed by atoms with E-state index < -0.39 is 0 Å². The number of thioether (sulfide) groups is 1. The minimum absolute atomic E-state index is 0.891. The normalized spacial score (nSPS) is 48.5. The monoisotopic (exact) mass is 169 g/mol. The van der Waals surface area contributed by atoms with Crippen LogP contribution in [0.1, 0.15) is 12.8 Å². The highest BCUT2D eigenvalue weighted by atomic mass is 32.2. The maximum atomic E-state index is 2.68. The minimum atomic E-state index is 0.891. The lowest BCUT2D eigenvalue weighted by Crippen LogP contribution is -2.35. The molecule has 0 aromatic rings. The van der Waals surface area contributed by atoms with Crippen LogP contribution in [0.25, 0.3) is 0 Å². The summed E-state index contributed by atoms with van der Waals surface area (Å²) in [6, 6.07) is 0. The van der Waals surface area contributed by atoms with Gasteiger partial charge in [0.1, 0.15) is 0 Å². The van der Waals surface area contributed by atoms with Crippen LogP contribution in [-0.4, -0.2) is 36.0 Å². The van der Waals surface area contributed by atoms with Crippen LogP contribution < -0.4 is 0 Å². The van der Waals surface area contributed by atoms with E-state index in [1.165, 1.54) is 37.1 Å². The largest absolute Gasteiger partial charge is 0.301 e. The van der Waals surface area contributed by atoms with Crippen molar-refractivity contribution in [3.63, 3.8) is 0 Å². The quantitative estimate of drug-likeness (QED) is 0.615. The van der Waals surface area contributed by atoms with E-state index in [0.717, 1.165) is 5.41 Å². The van der Waals surface area contributed by atoms with E-state index in [0.29, 0.717) is 0 Å². The van der Waals surface area contributed by atoms with Crippen LogP contribution in [0, 0.1) is 11.3 Å². The fraction of sp³-hybridized carbons (Fsp3) is 1.00. The van der Waals surface area contributed by atoms with E-state index >= 15 is 0 Å². The van der Waals surface area contributed by atoms with Crippen molar-refractivity contribution in [2.45, 2.75) is 12.8 Å². The van der Waals surface area contributed by atoms with Gasteiger partial charge in [0.05, 0.1) is 0 Å². The van der Waals surface area contributed by atoms with Gasteiger partial charge in [-0.05, 0) is 24.2 Å². The molecule has 2 heteroatoms. The number of rotatable bonds is 2. The second kappa shape index (κ2) is 2.17. The Morgan fingerprint density at radius 3 is 2.45 bits per heavy atom. The van der Waals surface area contributed by atoms with Crippen LogP contribution in [-0.2, 0) is 0 Å². The summed E-state index contributed by atoms with van der Waals surface area (Å²) in [4.78, 5) is 2.68. The molecule has 3 rings (SSSR count). The Bertz CT molecular complexity index is 168. The van der Waals surface area contributed by atoms with E-state index in [1.807, 2.05) is 0 Å². The maximum absolute atomic E-state index is 2.68. The molecule has 11 heavy (non-hydrogen) atoms. The first-order valence-corrected chi connectivity index (χ1v) is 5.85. The molecule has 0 aromatic carbocycles. The Morgan fingerprint density at radius 2 is 1.91 bits per heavy atom. The van der Waals surface area contributed by atoms with Gasteiger partial charge >= 0.3 is 0 Å². The van der Waals surface area contributed by atoms with Gasteiger partial charge in [0.25, 0.3) is 0 Å². The molecule has 1 aliphatic heterocycles. The first kappa shape index (κ1) is 6.79. The summed E-state index contributed by atoms with van der Waals surface area (Å²) < 4.78 is 0. The Hall–Kier alpha value is 0.310. The summed E-state index contributed by atoms with van der Waals surface area (Å²) in [6.45, 7) is 4.16. The molecule has 1 heterocycles. The van der Waals surface area contributed by atoms with Gasteiger partial charge in [-0.25, -0.2) is 0 Å². The first-order valence-electron chi connectivity index (χ1n) is 4.69. The van der Waals surface area contributed by atoms with Gasteiger partial charge in [0, 0.05) is 31.1 Å². The zero-order chi connectivity index (χ0) is 7.31. The number of fused-ring (bicyclic) bond motifs is 1. The van der Waals surface area contributed by atoms with Crippen molar-refractivity contribution in [3.05, 3.63) is 0 Å². The van der Waals surface area contributed by atoms with E-state index in [-0.39, 0.29) is 0 Å². The van der Waals surface area contributed by atoms with Gasteiger partial charge in [-0.3, -0.25) is 0 Å². The summed E-state index contributed by atoms with van der Waals surface area (Å²) >= 11 is 2.12. The Morgan fingerprint density at radius 1 is 1.27 bits per heavy atom. The molecule has 0 radical (unpaired) electrons. The van der Waals surface area contributed by atoms with Gasteiger partial charge in [0.15, 0.2) is 0 Å². The second-order valence-corrected chi connectivity index (χ2v) is 5.58. The second-order valence-electron chi connectivity index (χ2n) is 4.36. The fourth-order valence-electron chi connectivity index (χ4n) is 2.27. The lowest BCUT2D eigenvalue weighted by molar-refractivity contribution is 0.267. The minimum Gasteiger partial charge on any atom is -0.301 e. The molecule has 3 fully saturated rings. The van der Waals surface area contributed by atoms with Gasteiger partial charge in [-0.2, -0.15) is 11.8 Å². The van der Waals surface area contributed by atoms with Crippen LogP contribution in [0.2, 0.25) is 0 Å². The van der Waals surface area contributed by atoms with Crippen molar-refractivity contribution in [1.82, 2.24) is 4.90 Å². The molecule has 3 aliphatic rings. The van der Waals surface area contributed by atoms with Gasteiger partial charge in [0.2, 0.25) is 0 Å². The predicted molar refractivity (Wildman–Crippen MR) is 48.9 cm³/mol. The smallest absolute Gasteiger partial charge is 0.00729 e. The molecule has 2 saturated carbocycles. The predicted octanol–water partition coefficient (Wildman–Crippen LogP) is 1.45. The van der Waals surface area contributed by atoms with Crippen molar-refractivity contribution < 1.29 is 0 Å². The molecular formula is C9H15NS. The van der Waals surface area contributed by atoms with E-state index in [4.69, 9.17) is 0 Å². The molecule has 0 N–H and O–H groups in total. The number of hydrogen-bond donors (Lipinski definition) is 0. The molecule has 62 valence electrons. The molecule has 2 aliphatic carbocycles. The summed E-state index contributed by atoms with van der Waals surface area (Å²) in [5, 5.41) is 0. The lowest BCUT2D eigenvalue weighted by Gasteiger charge is -2.27. The SMILES string of the molecule is C1CN(CC23CC2C3)CCS1. The van der Waals surface area contributed by atoms with E-state index in [2.05, 4.69) is 16.7 Å². The third-order valence-electron chi connectivity index (χ3n) is 3.49. The molecule has 1 nitrogen and oxygen atoms in total. The molecule has 1 saturated heterocycles. The molecule has 0 bridgehead atoms. The first-order chi connectivity index (χ1) is 5.39. The van der Waals surface area contributed by atoms with Crippen molar-refractivity contribution in [3.8, 4) is 0 Å². The number of hydrogen-bond acceptors (Lipinski definition) is 2. The summed E-state index contributed by atoms with van der Waals surface area (Å²) in [5.74, 6) is 3.93. The van der Waals surface area contributed by atoms with Crippen molar-refractivity contribution >= 4 is 11.8 Å². The van der Waals surface area contributed by atoms with Crippen LogP contribution >= 0.6 is 11.8 Å². The highest BCUT2D eigenvalue weighted by Gasteiger charge is 2.69. The summed E-state index contributed by atoms with van der Waals surface area (Å²) in [7, 11) is 0. The molecule has 0 atom stereocenters. The van der Waals surface area contributed by atoms with Gasteiger partial charge < -0.3 is 4.90 Å². The molecule has 0 amide bonds. The van der Waals surface area contributed by atoms with Gasteiger partial charge in [-0.15, -0.1) is 0 Å². The topological polar surface area (TPSA) is 3.24 Å². The van der Waals surface area contributed by atoms with Crippen LogP contribution in [0.15, 0.2) is 0 Å². The Balaban J connectivity index is 1.53. The fourth-order valence-corrected chi connectivity index (χ4v) is 3.25. The van der Waals surface area contributed by atoms with E-state index in [9.17, 15) is 0 Å². The summed E-state index contributed by atoms with van der Waals surface area (Å²) in [5.41, 5.74) is 0.891. The third-order valence-corrected chi connectivity index (χ3v) is 4.44. The Labute approximate surface area is 72.5 Å². The molecular weight excluding hydrogens is 154 g/mol. The van der Waals surface area contributed by atoms with Crippen molar-refractivity contribution in [1.29, 1.82) is 0 Å². The van der Waals surface area contributed by atoms with Crippen molar-refractivity contribution in [2.24, 2.45) is 11.3 Å². The van der Waals surface area contributed by atoms with Crippen LogP contribution in [0.3, 0.4) is 0 Å². The Kier molecular flexibility index (Phi) is 1.34. The maximum Gasteiger partial charge on any atom is 0.00729 e. The number of nitrogens with zero attached hydrogens (tertiary/aromatic N) is 1. The third kappa shape index (κ3) is 1.11. The summed E-state index contributed by atoms with van der Waals surface area (Å²) in [6.07, 6.45) is 3.13. The highest BCUT2D eigenvalue weighted by molar-refractivity contribution is 7.99. The van der Waals surface area contributed by atoms with Crippen molar-refractivity contribution in [2.75, 3.05) is 31.1 Å². The lowest BCUT2D eigenvalue weighted by atomic mass is 10.2. The zero-order valence-electron chi connectivity index (χ0n) is 6.88. The van der Waals surface area contributed by atoms with Gasteiger partial charge in [-0.1, -0.05) is 0 Å². The molecule has 0 unspecified atom stereocenters. The van der Waals surface area contributed by atoms with E-state index in [1.54, 1.807) is 12.8 Å². The van der Waals surface area contributed by atoms with Crippen LogP contribution in [0.4, 0.5) is 0 Å². The average molecular weight is 169 g/mol.